The minimum Gasteiger partial charge on any atom is -0.372 e. The fourth-order valence-corrected chi connectivity index (χ4v) is 10.3. The average molecular weight is 431 g/mol. The summed E-state index contributed by atoms with van der Waals surface area (Å²) in [6.07, 6.45) is 7.19. The summed E-state index contributed by atoms with van der Waals surface area (Å²) in [4.78, 5) is 0. The summed E-state index contributed by atoms with van der Waals surface area (Å²) < 4.78 is 6.22. The van der Waals surface area contributed by atoms with Gasteiger partial charge in [-0.3, -0.25) is 0 Å². The molecule has 0 aromatic carbocycles. The molecule has 0 unspecified atom stereocenters. The van der Waals surface area contributed by atoms with Gasteiger partial charge in [0.2, 0.25) is 0 Å². The van der Waals surface area contributed by atoms with Crippen molar-refractivity contribution < 1.29 is 4.74 Å². The molecule has 0 spiro atoms. The molecule has 3 heteroatoms. The Balaban J connectivity index is 3.10. The van der Waals surface area contributed by atoms with E-state index in [4.69, 9.17) is 4.74 Å². The summed E-state index contributed by atoms with van der Waals surface area (Å²) in [6, 6.07) is 0. The van der Waals surface area contributed by atoms with E-state index in [0.29, 0.717) is 0 Å². The standard InChI is InChI=1S/C26H46OSi2/c1-11-15-21-19(13-3)20(14-4)25(28(5,6)7)23-17-27-18-24(23)26(29(8,9)10)22(21)16-12-2/h11-18H2,1-10H3/b20-19?,21-19-,22-21?,25-20+,25-23?,26-22+,26-24?. The highest BCUT2D eigenvalue weighted by molar-refractivity contribution is 6.85. The zero-order valence-corrected chi connectivity index (χ0v) is 23.1. The van der Waals surface area contributed by atoms with Crippen molar-refractivity contribution in [2.75, 3.05) is 13.2 Å². The molecule has 0 aromatic heterocycles. The third kappa shape index (κ3) is 4.99. The van der Waals surface area contributed by atoms with Crippen LogP contribution in [-0.2, 0) is 4.74 Å². The summed E-state index contributed by atoms with van der Waals surface area (Å²) in [5.74, 6) is 0. The molecule has 0 N–H and O–H groups in total. The number of hydrogen-bond acceptors (Lipinski definition) is 1. The maximum atomic E-state index is 6.22. The second-order valence-electron chi connectivity index (χ2n) is 10.8. The Labute approximate surface area is 183 Å². The van der Waals surface area contributed by atoms with E-state index in [0.717, 1.165) is 26.1 Å². The van der Waals surface area contributed by atoms with Crippen LogP contribution in [0.2, 0.25) is 39.3 Å². The summed E-state index contributed by atoms with van der Waals surface area (Å²) in [5.41, 5.74) is 9.97. The fraction of sp³-hybridized carbons (Fsp3) is 0.692. The molecule has 1 heterocycles. The van der Waals surface area contributed by atoms with Gasteiger partial charge in [-0.05, 0) is 59.1 Å². The summed E-state index contributed by atoms with van der Waals surface area (Å²) in [5, 5.41) is 3.47. The molecule has 1 aliphatic carbocycles. The number of hydrogen-bond donors (Lipinski definition) is 0. The van der Waals surface area contributed by atoms with Gasteiger partial charge in [0.25, 0.3) is 0 Å². The van der Waals surface area contributed by atoms with Gasteiger partial charge in [0.15, 0.2) is 0 Å². The third-order valence-electron chi connectivity index (χ3n) is 6.36. The van der Waals surface area contributed by atoms with Gasteiger partial charge < -0.3 is 4.74 Å². The smallest absolute Gasteiger partial charge is 0.0784 e. The van der Waals surface area contributed by atoms with Gasteiger partial charge in [0.1, 0.15) is 0 Å². The van der Waals surface area contributed by atoms with Crippen LogP contribution in [0.15, 0.2) is 43.8 Å². The van der Waals surface area contributed by atoms with Crippen LogP contribution < -0.4 is 0 Å². The molecule has 1 aliphatic heterocycles. The van der Waals surface area contributed by atoms with Crippen LogP contribution in [0.25, 0.3) is 0 Å². The molecule has 1 nitrogen and oxygen atoms in total. The SMILES string of the molecule is CCCC1=C(CC)/C(CC)=C(/[Si](C)(C)C)C2=C(COC2)/C([Si](C)(C)C)=C\1CCC. The molecular formula is C26H46OSi2. The van der Waals surface area contributed by atoms with Crippen LogP contribution in [0.4, 0.5) is 0 Å². The summed E-state index contributed by atoms with van der Waals surface area (Å²) in [6.45, 7) is 26.4. The highest BCUT2D eigenvalue weighted by Crippen LogP contribution is 2.46. The number of allylic oxidation sites excluding steroid dienone is 4. The van der Waals surface area contributed by atoms with Gasteiger partial charge in [0.05, 0.1) is 29.4 Å². The predicted molar refractivity (Wildman–Crippen MR) is 136 cm³/mol. The molecule has 29 heavy (non-hydrogen) atoms. The van der Waals surface area contributed by atoms with Crippen LogP contribution in [-0.4, -0.2) is 29.4 Å². The molecule has 2 aliphatic rings. The number of ether oxygens (including phenoxy) is 1. The van der Waals surface area contributed by atoms with E-state index in [1.165, 1.54) is 25.7 Å². The second-order valence-corrected chi connectivity index (χ2v) is 20.8. The Morgan fingerprint density at radius 3 is 1.38 bits per heavy atom. The topological polar surface area (TPSA) is 9.23 Å². The zero-order valence-electron chi connectivity index (χ0n) is 21.1. The Morgan fingerprint density at radius 2 is 1.00 bits per heavy atom. The van der Waals surface area contributed by atoms with Crippen molar-refractivity contribution in [3.63, 3.8) is 0 Å². The lowest BCUT2D eigenvalue weighted by Crippen LogP contribution is -2.33. The maximum Gasteiger partial charge on any atom is 0.0784 e. The normalized spacial score (nSPS) is 26.7. The van der Waals surface area contributed by atoms with Gasteiger partial charge in [0, 0.05) is 0 Å². The Morgan fingerprint density at radius 1 is 0.586 bits per heavy atom. The first-order valence-corrected chi connectivity index (χ1v) is 19.0. The molecule has 0 radical (unpaired) electrons. The molecule has 0 saturated heterocycles. The van der Waals surface area contributed by atoms with Gasteiger partial charge >= 0.3 is 0 Å². The van der Waals surface area contributed by atoms with Crippen molar-refractivity contribution in [2.24, 2.45) is 0 Å². The summed E-state index contributed by atoms with van der Waals surface area (Å²) >= 11 is 0. The van der Waals surface area contributed by atoms with Crippen molar-refractivity contribution in [1.82, 2.24) is 0 Å². The fourth-order valence-electron chi connectivity index (χ4n) is 5.61. The molecule has 0 fully saturated rings. The maximum absolute atomic E-state index is 6.22. The van der Waals surface area contributed by atoms with E-state index in [1.54, 1.807) is 43.8 Å². The van der Waals surface area contributed by atoms with Crippen LogP contribution in [0.3, 0.4) is 0 Å². The minimum atomic E-state index is -1.53. The second kappa shape index (κ2) is 9.66. The van der Waals surface area contributed by atoms with Crippen molar-refractivity contribution in [3.8, 4) is 0 Å². The lowest BCUT2D eigenvalue weighted by Gasteiger charge is -2.36. The Hall–Kier alpha value is -0.646. The molecule has 0 amide bonds. The van der Waals surface area contributed by atoms with E-state index in [2.05, 4.69) is 67.0 Å². The zero-order chi connectivity index (χ0) is 22.0. The quantitative estimate of drug-likeness (QED) is 0.351. The van der Waals surface area contributed by atoms with Crippen LogP contribution in [0.5, 0.6) is 0 Å². The van der Waals surface area contributed by atoms with Gasteiger partial charge in [-0.2, -0.15) is 0 Å². The lowest BCUT2D eigenvalue weighted by atomic mass is 9.83. The van der Waals surface area contributed by atoms with E-state index < -0.39 is 16.1 Å². The molecule has 0 bridgehead atoms. The van der Waals surface area contributed by atoms with Gasteiger partial charge in [-0.15, -0.1) is 0 Å². The highest BCUT2D eigenvalue weighted by atomic mass is 28.3. The molecule has 0 aromatic rings. The average Bonchev–Trinajstić information content (AvgIpc) is 3.04. The Bertz CT molecular complexity index is 749. The first kappa shape index (κ1) is 24.6. The molecule has 0 saturated carbocycles. The van der Waals surface area contributed by atoms with Gasteiger partial charge in [-0.25, -0.2) is 0 Å². The van der Waals surface area contributed by atoms with Crippen molar-refractivity contribution in [3.05, 3.63) is 43.8 Å². The molecule has 164 valence electrons. The first-order valence-electron chi connectivity index (χ1n) is 12.0. The van der Waals surface area contributed by atoms with Crippen LogP contribution >= 0.6 is 0 Å². The highest BCUT2D eigenvalue weighted by Gasteiger charge is 2.38. The van der Waals surface area contributed by atoms with Crippen molar-refractivity contribution >= 4 is 16.1 Å². The third-order valence-corrected chi connectivity index (χ3v) is 10.6. The number of rotatable bonds is 8. The first-order chi connectivity index (χ1) is 13.5. The Kier molecular flexibility index (Phi) is 8.20. The largest absolute Gasteiger partial charge is 0.372 e. The molecule has 2 rings (SSSR count). The molecule has 0 atom stereocenters. The summed E-state index contributed by atoms with van der Waals surface area (Å²) in [7, 11) is -3.05. The van der Waals surface area contributed by atoms with Gasteiger partial charge in [-0.1, -0.05) is 90.2 Å². The van der Waals surface area contributed by atoms with Crippen LogP contribution in [0, 0.1) is 0 Å². The van der Waals surface area contributed by atoms with E-state index in [1.807, 2.05) is 0 Å². The van der Waals surface area contributed by atoms with Crippen molar-refractivity contribution in [1.29, 1.82) is 0 Å². The molecular weight excluding hydrogens is 384 g/mol. The van der Waals surface area contributed by atoms with E-state index in [9.17, 15) is 0 Å². The lowest BCUT2D eigenvalue weighted by molar-refractivity contribution is 0.206. The monoisotopic (exact) mass is 430 g/mol. The van der Waals surface area contributed by atoms with Crippen LogP contribution in [0.1, 0.15) is 66.2 Å². The van der Waals surface area contributed by atoms with E-state index >= 15 is 0 Å². The predicted octanol–water partition coefficient (Wildman–Crippen LogP) is 8.39. The van der Waals surface area contributed by atoms with Crippen molar-refractivity contribution in [2.45, 2.75) is 106 Å². The van der Waals surface area contributed by atoms with E-state index in [-0.39, 0.29) is 0 Å². The minimum absolute atomic E-state index is 0.825.